The third kappa shape index (κ3) is 6.68. The number of hydrogen-bond acceptors (Lipinski definition) is 10. The molecule has 7 rings (SSSR count). The van der Waals surface area contributed by atoms with Crippen LogP contribution in [0.25, 0.3) is 0 Å². The zero-order chi connectivity index (χ0) is 36.2. The largest absolute Gasteiger partial charge is 0.396 e. The molecule has 10 heteroatoms. The highest BCUT2D eigenvalue weighted by Crippen LogP contribution is 2.71. The Bertz CT molecular complexity index is 1160. The summed E-state index contributed by atoms with van der Waals surface area (Å²) in [6.45, 7) is 14.6. The first kappa shape index (κ1) is 39.0. The Labute approximate surface area is 299 Å². The first-order chi connectivity index (χ1) is 23.7. The molecule has 0 radical (unpaired) electrons. The van der Waals surface area contributed by atoms with Crippen molar-refractivity contribution >= 4 is 0 Å². The third-order valence-electron chi connectivity index (χ3n) is 15.6. The minimum absolute atomic E-state index is 0.157. The molecule has 19 unspecified atom stereocenters. The van der Waals surface area contributed by atoms with Gasteiger partial charge >= 0.3 is 0 Å². The van der Waals surface area contributed by atoms with E-state index >= 15 is 0 Å². The van der Waals surface area contributed by atoms with Crippen molar-refractivity contribution in [1.82, 2.24) is 0 Å². The number of aliphatic hydroxyl groups excluding tert-OH is 6. The van der Waals surface area contributed by atoms with Crippen LogP contribution in [0.1, 0.15) is 112 Å². The van der Waals surface area contributed by atoms with Crippen molar-refractivity contribution in [1.29, 1.82) is 0 Å². The van der Waals surface area contributed by atoms with E-state index in [9.17, 15) is 30.6 Å². The van der Waals surface area contributed by atoms with Crippen molar-refractivity contribution in [2.24, 2.45) is 51.8 Å². The van der Waals surface area contributed by atoms with Crippen molar-refractivity contribution < 1.29 is 49.6 Å². The normalized spacial score (nSPS) is 54.6. The lowest BCUT2D eigenvalue weighted by Crippen LogP contribution is -2.63. The van der Waals surface area contributed by atoms with Crippen molar-refractivity contribution in [2.75, 3.05) is 13.2 Å². The Kier molecular flexibility index (Phi) is 11.9. The molecule has 19 atom stereocenters. The van der Waals surface area contributed by atoms with Crippen LogP contribution >= 0.6 is 0 Å². The minimum Gasteiger partial charge on any atom is -0.396 e. The van der Waals surface area contributed by atoms with Gasteiger partial charge in [-0.15, -0.1) is 6.58 Å². The highest BCUT2D eigenvalue weighted by Gasteiger charge is 2.65. The molecule has 10 nitrogen and oxygen atoms in total. The highest BCUT2D eigenvalue weighted by molar-refractivity contribution is 5.13. The van der Waals surface area contributed by atoms with Crippen LogP contribution in [-0.2, 0) is 18.9 Å². The van der Waals surface area contributed by atoms with Gasteiger partial charge in [0.1, 0.15) is 30.5 Å². The van der Waals surface area contributed by atoms with Gasteiger partial charge in [0.15, 0.2) is 12.6 Å². The summed E-state index contributed by atoms with van der Waals surface area (Å²) in [4.78, 5) is 0. The van der Waals surface area contributed by atoms with E-state index in [0.29, 0.717) is 29.8 Å². The molecule has 0 aromatic rings. The molecule has 2 aliphatic heterocycles. The highest BCUT2D eigenvalue weighted by atomic mass is 16.7. The molecule has 2 heterocycles. The maximum atomic E-state index is 10.9. The maximum absolute atomic E-state index is 10.9. The van der Waals surface area contributed by atoms with Gasteiger partial charge in [-0.25, -0.2) is 0 Å². The quantitative estimate of drug-likeness (QED) is 0.174. The van der Waals surface area contributed by atoms with Crippen LogP contribution in [0, 0.1) is 51.8 Å². The second-order valence-electron chi connectivity index (χ2n) is 18.1. The second kappa shape index (κ2) is 15.2. The van der Waals surface area contributed by atoms with Gasteiger partial charge in [-0.05, 0) is 130 Å². The average molecular weight is 709 g/mol. The Hall–Kier alpha value is -0.660. The minimum atomic E-state index is -1.49. The SMILES string of the molecule is C=CC.CC1CC(O)C(O)C(OCC2OC(OC3CCC4(C)C(CCC5(C)C6CCC7(CO)CCCC7C6CCC45)C3C)C(O)C(O)C2O)O1. The van der Waals surface area contributed by atoms with Gasteiger partial charge in [0.2, 0.25) is 0 Å². The van der Waals surface area contributed by atoms with E-state index in [2.05, 4.69) is 27.4 Å². The summed E-state index contributed by atoms with van der Waals surface area (Å²) in [6.07, 6.45) is 4.83. The topological polar surface area (TPSA) is 158 Å². The summed E-state index contributed by atoms with van der Waals surface area (Å²) >= 11 is 0. The molecule has 0 bridgehead atoms. The van der Waals surface area contributed by atoms with Crippen LogP contribution in [-0.4, -0.2) is 105 Å². The summed E-state index contributed by atoms with van der Waals surface area (Å²) < 4.78 is 24.0. The number of ether oxygens (including phenoxy) is 4. The Balaban J connectivity index is 0.00000139. The van der Waals surface area contributed by atoms with E-state index in [0.717, 1.165) is 31.1 Å². The van der Waals surface area contributed by atoms with E-state index < -0.39 is 49.2 Å². The molecule has 0 spiro atoms. The van der Waals surface area contributed by atoms with E-state index in [4.69, 9.17) is 18.9 Å². The number of hydrogen-bond donors (Lipinski definition) is 6. The zero-order valence-electron chi connectivity index (χ0n) is 31.2. The molecule has 6 N–H and O–H groups in total. The monoisotopic (exact) mass is 708 g/mol. The summed E-state index contributed by atoms with van der Waals surface area (Å²) in [6, 6.07) is 0. The fourth-order valence-electron chi connectivity index (χ4n) is 13.1. The summed E-state index contributed by atoms with van der Waals surface area (Å²) in [5, 5.41) is 63.4. The van der Waals surface area contributed by atoms with Gasteiger partial charge in [0.05, 0.1) is 24.9 Å². The van der Waals surface area contributed by atoms with Gasteiger partial charge in [-0.3, -0.25) is 0 Å². The van der Waals surface area contributed by atoms with E-state index in [1.54, 1.807) is 13.0 Å². The maximum Gasteiger partial charge on any atom is 0.186 e. The second-order valence-corrected chi connectivity index (χ2v) is 18.1. The molecule has 5 saturated carbocycles. The van der Waals surface area contributed by atoms with E-state index in [1.165, 1.54) is 51.4 Å². The molecule has 0 aromatic heterocycles. The predicted molar refractivity (Wildman–Crippen MR) is 187 cm³/mol. The average Bonchev–Trinajstić information content (AvgIpc) is 3.53. The molecule has 50 heavy (non-hydrogen) atoms. The number of aliphatic hydroxyl groups is 6. The van der Waals surface area contributed by atoms with Gasteiger partial charge in [-0.2, -0.15) is 0 Å². The molecule has 5 aliphatic carbocycles. The van der Waals surface area contributed by atoms with Gasteiger partial charge in [0, 0.05) is 13.0 Å². The summed E-state index contributed by atoms with van der Waals surface area (Å²) in [5.41, 5.74) is 0.715. The van der Waals surface area contributed by atoms with Crippen molar-refractivity contribution in [3.8, 4) is 0 Å². The fourth-order valence-corrected chi connectivity index (χ4v) is 13.1. The third-order valence-corrected chi connectivity index (χ3v) is 15.6. The lowest BCUT2D eigenvalue weighted by molar-refractivity contribution is -0.334. The van der Waals surface area contributed by atoms with E-state index in [-0.39, 0.29) is 42.0 Å². The standard InChI is InChI=1S/C37H62O10.C3H6/c1-19-16-25(39)29(40)33(45-19)44-17-27-30(41)31(42)32(43)34(47-27)46-26-11-14-35(3)22(20(26)2)9-13-36(4)23-10-15-37(18-38)12-5-6-24(37)21(23)7-8-28(35)36;1-3-2/h19-34,38-43H,5-18H2,1-4H3;3H,1H2,2H3. The molecule has 0 amide bonds. The molecule has 7 fully saturated rings. The van der Waals surface area contributed by atoms with Crippen LogP contribution in [0.4, 0.5) is 0 Å². The van der Waals surface area contributed by atoms with Crippen LogP contribution in [0.3, 0.4) is 0 Å². The first-order valence-corrected chi connectivity index (χ1v) is 19.9. The number of rotatable bonds is 6. The lowest BCUT2D eigenvalue weighted by atomic mass is 9.37. The lowest BCUT2D eigenvalue weighted by Gasteiger charge is -2.68. The van der Waals surface area contributed by atoms with Crippen LogP contribution in [0.5, 0.6) is 0 Å². The molecule has 288 valence electrons. The summed E-state index contributed by atoms with van der Waals surface area (Å²) in [7, 11) is 0. The summed E-state index contributed by atoms with van der Waals surface area (Å²) in [5.74, 6) is 3.57. The molecule has 0 aromatic carbocycles. The van der Waals surface area contributed by atoms with Gasteiger partial charge in [-0.1, -0.05) is 33.3 Å². The van der Waals surface area contributed by atoms with Crippen molar-refractivity contribution in [2.45, 2.75) is 173 Å². The van der Waals surface area contributed by atoms with Crippen LogP contribution in [0.2, 0.25) is 0 Å². The number of allylic oxidation sites excluding steroid dienone is 1. The Morgan fingerprint density at radius 3 is 2.16 bits per heavy atom. The molecular formula is C40H68O10. The zero-order valence-corrected chi connectivity index (χ0v) is 31.2. The fraction of sp³-hybridized carbons (Fsp3) is 0.950. The van der Waals surface area contributed by atoms with Crippen molar-refractivity contribution in [3.63, 3.8) is 0 Å². The van der Waals surface area contributed by atoms with E-state index in [1.807, 2.05) is 6.92 Å². The first-order valence-electron chi connectivity index (χ1n) is 19.9. The van der Waals surface area contributed by atoms with Gasteiger partial charge in [0.25, 0.3) is 0 Å². The van der Waals surface area contributed by atoms with Gasteiger partial charge < -0.3 is 49.6 Å². The van der Waals surface area contributed by atoms with Crippen LogP contribution in [0.15, 0.2) is 12.7 Å². The molecular weight excluding hydrogens is 640 g/mol. The molecule has 2 saturated heterocycles. The van der Waals surface area contributed by atoms with Crippen LogP contribution < -0.4 is 0 Å². The smallest absolute Gasteiger partial charge is 0.186 e. The molecule has 7 aliphatic rings. The predicted octanol–water partition coefficient (Wildman–Crippen LogP) is 4.31. The Morgan fingerprint density at radius 2 is 1.44 bits per heavy atom. The number of fused-ring (bicyclic) bond motifs is 7. The van der Waals surface area contributed by atoms with Crippen molar-refractivity contribution in [3.05, 3.63) is 12.7 Å². The Morgan fingerprint density at radius 1 is 0.760 bits per heavy atom.